The van der Waals surface area contributed by atoms with Gasteiger partial charge in [-0.1, -0.05) is 6.07 Å². The molecule has 1 N–H and O–H groups in total. The Morgan fingerprint density at radius 1 is 1.24 bits per heavy atom. The molecule has 2 fully saturated rings. The van der Waals surface area contributed by atoms with Crippen molar-refractivity contribution in [2.24, 2.45) is 0 Å². The first-order valence-corrected chi connectivity index (χ1v) is 12.2. The van der Waals surface area contributed by atoms with Gasteiger partial charge in [0.15, 0.2) is 11.5 Å². The molecule has 34 heavy (non-hydrogen) atoms. The number of benzene rings is 1. The van der Waals surface area contributed by atoms with Crippen LogP contribution in [-0.2, 0) is 16.6 Å². The summed E-state index contributed by atoms with van der Waals surface area (Å²) in [6.07, 6.45) is 10.1. The van der Waals surface area contributed by atoms with Crippen LogP contribution < -0.4 is 4.74 Å². The smallest absolute Gasteiger partial charge is 0.246 e. The average Bonchev–Trinajstić information content (AvgIpc) is 3.46. The largest absolute Gasteiger partial charge is 0.504 e. The van der Waals surface area contributed by atoms with Crippen LogP contribution in [0.15, 0.2) is 41.2 Å². The molecule has 7 heteroatoms. The summed E-state index contributed by atoms with van der Waals surface area (Å²) in [5.41, 5.74) is 2.93. The zero-order chi connectivity index (χ0) is 23.8. The van der Waals surface area contributed by atoms with Crippen LogP contribution in [0.4, 0.5) is 0 Å². The topological polar surface area (TPSA) is 69.4 Å². The minimum absolute atomic E-state index is 0.0516. The summed E-state index contributed by atoms with van der Waals surface area (Å²) in [5.74, 6) is 0.794. The number of carbonyl (C=O) groups is 1. The number of aromatic hydroxyl groups is 1. The molecule has 2 aromatic rings. The number of phenolic OH excluding ortho intramolecular Hbond substituents is 1. The average molecular weight is 464 g/mol. The molecule has 1 saturated carbocycles. The summed E-state index contributed by atoms with van der Waals surface area (Å²) in [4.78, 5) is 20.0. The number of likely N-dealkylation sites (tertiary alicyclic amines) is 1. The Morgan fingerprint density at radius 3 is 2.79 bits per heavy atom. The van der Waals surface area contributed by atoms with E-state index < -0.39 is 0 Å². The van der Waals surface area contributed by atoms with Crippen molar-refractivity contribution in [2.75, 3.05) is 34.7 Å². The van der Waals surface area contributed by atoms with Crippen molar-refractivity contribution in [3.05, 3.63) is 53.5 Å². The Kier molecular flexibility index (Phi) is 4.71. The number of hydrogen-bond donors (Lipinski definition) is 1. The number of amides is 1. The summed E-state index contributed by atoms with van der Waals surface area (Å²) in [5, 5.41) is 10.9. The van der Waals surface area contributed by atoms with E-state index in [9.17, 15) is 9.90 Å². The van der Waals surface area contributed by atoms with E-state index in [-0.39, 0.29) is 34.8 Å². The quantitative estimate of drug-likeness (QED) is 0.704. The van der Waals surface area contributed by atoms with Gasteiger partial charge in [0, 0.05) is 35.8 Å². The van der Waals surface area contributed by atoms with Crippen molar-refractivity contribution in [1.82, 2.24) is 14.7 Å². The second-order valence-electron chi connectivity index (χ2n) is 10.7. The van der Waals surface area contributed by atoms with Crippen molar-refractivity contribution in [1.29, 1.82) is 0 Å². The molecule has 2 aliphatic heterocycles. The summed E-state index contributed by atoms with van der Waals surface area (Å²) in [7, 11) is 8.51. The zero-order valence-electron chi connectivity index (χ0n) is 20.3. The number of phenols is 1. The lowest BCUT2D eigenvalue weighted by Gasteiger charge is -2.68. The van der Waals surface area contributed by atoms with E-state index in [2.05, 4.69) is 37.0 Å². The lowest BCUT2D eigenvalue weighted by Crippen LogP contribution is -2.81. The van der Waals surface area contributed by atoms with Gasteiger partial charge in [-0.15, -0.1) is 0 Å². The standard InChI is InChI=1S/C27H33N3O4/c1-28(2)27-11-9-19(30(4)22(32)8-5-17-10-14-33-16-17)25-26(27)12-13-29(3)21(27)15-18-6-7-20(31)24(34-25)23(18)26/h5-8,10,14,16,19,21,25,31H,9,11-13,15H2,1-4H3/b8-5+/t19-,21-,25+,26+,27-/m1/s1. The van der Waals surface area contributed by atoms with Crippen LogP contribution in [0.1, 0.15) is 36.0 Å². The van der Waals surface area contributed by atoms with E-state index in [4.69, 9.17) is 9.15 Å². The summed E-state index contributed by atoms with van der Waals surface area (Å²) in [6.45, 7) is 0.972. The van der Waals surface area contributed by atoms with Crippen LogP contribution in [0.2, 0.25) is 0 Å². The van der Waals surface area contributed by atoms with Gasteiger partial charge in [-0.25, -0.2) is 0 Å². The highest BCUT2D eigenvalue weighted by molar-refractivity contribution is 5.92. The molecule has 6 rings (SSSR count). The van der Waals surface area contributed by atoms with Crippen molar-refractivity contribution >= 4 is 12.0 Å². The SMILES string of the molecule is CN1CC[C@]23c4c5ccc(O)c4O[C@H]2[C@H](N(C)C(=O)/C=C/c2ccoc2)CC[C@@]3(N(C)C)[C@H]1C5. The summed E-state index contributed by atoms with van der Waals surface area (Å²) < 4.78 is 11.8. The maximum atomic E-state index is 13.3. The minimum Gasteiger partial charge on any atom is -0.504 e. The van der Waals surface area contributed by atoms with Crippen LogP contribution in [-0.4, -0.2) is 84.2 Å². The number of likely N-dealkylation sites (N-methyl/N-ethyl adjacent to an activating group) is 3. The second kappa shape index (κ2) is 7.36. The number of hydrogen-bond acceptors (Lipinski definition) is 6. The van der Waals surface area contributed by atoms with Gasteiger partial charge in [-0.3, -0.25) is 4.79 Å². The molecular weight excluding hydrogens is 430 g/mol. The molecule has 1 aromatic heterocycles. The third kappa shape index (κ3) is 2.57. The Bertz CT molecular complexity index is 1160. The van der Waals surface area contributed by atoms with Gasteiger partial charge in [0.05, 0.1) is 24.0 Å². The molecule has 3 heterocycles. The highest BCUT2D eigenvalue weighted by Crippen LogP contribution is 2.66. The van der Waals surface area contributed by atoms with Gasteiger partial charge < -0.3 is 29.0 Å². The fourth-order valence-corrected chi connectivity index (χ4v) is 7.86. The summed E-state index contributed by atoms with van der Waals surface area (Å²) >= 11 is 0. The Hall–Kier alpha value is -2.77. The first kappa shape index (κ1) is 21.7. The lowest BCUT2D eigenvalue weighted by atomic mass is 9.46. The predicted octanol–water partition coefficient (Wildman–Crippen LogP) is 2.88. The van der Waals surface area contributed by atoms with Gasteiger partial charge in [-0.2, -0.15) is 0 Å². The summed E-state index contributed by atoms with van der Waals surface area (Å²) in [6, 6.07) is 5.96. The lowest BCUT2D eigenvalue weighted by molar-refractivity contribution is -0.157. The molecule has 0 unspecified atom stereocenters. The van der Waals surface area contributed by atoms with Gasteiger partial charge >= 0.3 is 0 Å². The van der Waals surface area contributed by atoms with Crippen LogP contribution in [0.25, 0.3) is 6.08 Å². The van der Waals surface area contributed by atoms with E-state index in [0.29, 0.717) is 11.8 Å². The molecule has 1 aromatic carbocycles. The molecule has 1 saturated heterocycles. The molecule has 1 spiro atoms. The van der Waals surface area contributed by atoms with Crippen LogP contribution in [0.3, 0.4) is 0 Å². The molecule has 180 valence electrons. The van der Waals surface area contributed by atoms with Gasteiger partial charge in [0.2, 0.25) is 5.91 Å². The molecule has 4 aliphatic rings. The van der Waals surface area contributed by atoms with Crippen molar-refractivity contribution < 1.29 is 19.1 Å². The molecule has 2 aliphatic carbocycles. The highest BCUT2D eigenvalue weighted by Gasteiger charge is 2.74. The second-order valence-corrected chi connectivity index (χ2v) is 10.7. The number of nitrogens with zero attached hydrogens (tertiary/aromatic N) is 3. The fourth-order valence-electron chi connectivity index (χ4n) is 7.86. The maximum absolute atomic E-state index is 13.3. The Morgan fingerprint density at radius 2 is 2.06 bits per heavy atom. The van der Waals surface area contributed by atoms with Gasteiger partial charge in [0.25, 0.3) is 0 Å². The molecule has 0 radical (unpaired) electrons. The van der Waals surface area contributed by atoms with E-state index in [0.717, 1.165) is 37.8 Å². The van der Waals surface area contributed by atoms with Crippen molar-refractivity contribution in [2.45, 2.75) is 54.8 Å². The number of furan rings is 1. The molecule has 2 bridgehead atoms. The highest BCUT2D eigenvalue weighted by atomic mass is 16.5. The number of ether oxygens (including phenoxy) is 1. The van der Waals surface area contributed by atoms with E-state index >= 15 is 0 Å². The maximum Gasteiger partial charge on any atom is 0.246 e. The molecule has 7 nitrogen and oxygen atoms in total. The number of carbonyl (C=O) groups excluding carboxylic acids is 1. The predicted molar refractivity (Wildman–Crippen MR) is 129 cm³/mol. The minimum atomic E-state index is -0.277. The third-order valence-electron chi connectivity index (χ3n) is 9.30. The number of rotatable bonds is 4. The normalized spacial score (nSPS) is 33.7. The zero-order valence-corrected chi connectivity index (χ0v) is 20.3. The van der Waals surface area contributed by atoms with Gasteiger partial charge in [0.1, 0.15) is 6.10 Å². The van der Waals surface area contributed by atoms with Crippen LogP contribution in [0.5, 0.6) is 11.5 Å². The first-order chi connectivity index (χ1) is 16.3. The van der Waals surface area contributed by atoms with Gasteiger partial charge in [-0.05, 0) is 77.1 Å². The van der Waals surface area contributed by atoms with Crippen molar-refractivity contribution in [3.63, 3.8) is 0 Å². The van der Waals surface area contributed by atoms with Crippen molar-refractivity contribution in [3.8, 4) is 11.5 Å². The monoisotopic (exact) mass is 463 g/mol. The fraction of sp³-hybridized carbons (Fsp3) is 0.519. The first-order valence-electron chi connectivity index (χ1n) is 12.2. The molecular formula is C27H33N3O4. The van der Waals surface area contributed by atoms with E-state index in [1.54, 1.807) is 30.7 Å². The van der Waals surface area contributed by atoms with E-state index in [1.807, 2.05) is 18.0 Å². The Balaban J connectivity index is 1.46. The third-order valence-corrected chi connectivity index (χ3v) is 9.30. The Labute approximate surface area is 200 Å². The van der Waals surface area contributed by atoms with E-state index in [1.165, 1.54) is 11.1 Å². The molecule has 5 atom stereocenters. The van der Waals surface area contributed by atoms with Crippen LogP contribution in [0, 0.1) is 0 Å². The van der Waals surface area contributed by atoms with Crippen LogP contribution >= 0.6 is 0 Å². The molecule has 1 amide bonds. The number of piperidine rings is 1.